The van der Waals surface area contributed by atoms with Gasteiger partial charge in [0.15, 0.2) is 0 Å². The number of aryl methyl sites for hydroxylation is 2. The lowest BCUT2D eigenvalue weighted by Gasteiger charge is -2.11. The minimum atomic E-state index is 0.519. The third-order valence-electron chi connectivity index (χ3n) is 4.13. The second-order valence-electron chi connectivity index (χ2n) is 6.15. The predicted octanol–water partition coefficient (Wildman–Crippen LogP) is 3.78. The molecule has 4 rings (SSSR count). The van der Waals surface area contributed by atoms with Crippen LogP contribution >= 0.6 is 11.5 Å². The Balaban J connectivity index is 1.74. The molecule has 0 unspecified atom stereocenters. The van der Waals surface area contributed by atoms with Gasteiger partial charge in [-0.25, -0.2) is 9.97 Å². The lowest BCUT2D eigenvalue weighted by atomic mass is 10.1. The first-order valence-electron chi connectivity index (χ1n) is 8.43. The smallest absolute Gasteiger partial charge is 0.145 e. The molecule has 0 aliphatic heterocycles. The second-order valence-corrected chi connectivity index (χ2v) is 6.95. The van der Waals surface area contributed by atoms with Gasteiger partial charge in [-0.3, -0.25) is 0 Å². The molecule has 0 atom stereocenters. The van der Waals surface area contributed by atoms with E-state index in [0.29, 0.717) is 12.3 Å². The van der Waals surface area contributed by atoms with Crippen molar-refractivity contribution in [3.8, 4) is 16.2 Å². The molecule has 0 bridgehead atoms. The van der Waals surface area contributed by atoms with E-state index in [2.05, 4.69) is 42.0 Å². The topological polar surface area (TPSA) is 85.7 Å². The SMILES string of the molecule is COc1cc(-c2cc(C)ns2)cc2c(NCc3ccc(C)nn3)ncnc12. The van der Waals surface area contributed by atoms with E-state index in [1.807, 2.05) is 32.0 Å². The van der Waals surface area contributed by atoms with Gasteiger partial charge in [0, 0.05) is 5.39 Å². The summed E-state index contributed by atoms with van der Waals surface area (Å²) < 4.78 is 9.94. The summed E-state index contributed by atoms with van der Waals surface area (Å²) in [6.45, 7) is 4.42. The number of rotatable bonds is 5. The van der Waals surface area contributed by atoms with Crippen molar-refractivity contribution in [3.05, 3.63) is 53.7 Å². The molecule has 8 heteroatoms. The summed E-state index contributed by atoms with van der Waals surface area (Å²) in [5, 5.41) is 12.5. The number of ether oxygens (including phenoxy) is 1. The summed E-state index contributed by atoms with van der Waals surface area (Å²) in [6.07, 6.45) is 1.53. The van der Waals surface area contributed by atoms with Gasteiger partial charge in [-0.15, -0.1) is 0 Å². The van der Waals surface area contributed by atoms with Crippen LogP contribution in [-0.2, 0) is 6.54 Å². The van der Waals surface area contributed by atoms with Crippen molar-refractivity contribution >= 4 is 28.3 Å². The van der Waals surface area contributed by atoms with Crippen molar-refractivity contribution in [1.29, 1.82) is 0 Å². The van der Waals surface area contributed by atoms with Crippen LogP contribution in [0.3, 0.4) is 0 Å². The Kier molecular flexibility index (Phi) is 4.64. The highest BCUT2D eigenvalue weighted by atomic mass is 32.1. The van der Waals surface area contributed by atoms with E-state index >= 15 is 0 Å². The summed E-state index contributed by atoms with van der Waals surface area (Å²) >= 11 is 1.46. The van der Waals surface area contributed by atoms with E-state index in [-0.39, 0.29) is 0 Å². The van der Waals surface area contributed by atoms with Gasteiger partial charge < -0.3 is 10.1 Å². The predicted molar refractivity (Wildman–Crippen MR) is 106 cm³/mol. The highest BCUT2D eigenvalue weighted by Crippen LogP contribution is 2.35. The zero-order valence-corrected chi connectivity index (χ0v) is 16.0. The average molecular weight is 378 g/mol. The van der Waals surface area contributed by atoms with Crippen LogP contribution in [0, 0.1) is 13.8 Å². The molecule has 27 heavy (non-hydrogen) atoms. The number of aromatic nitrogens is 5. The van der Waals surface area contributed by atoms with E-state index in [4.69, 9.17) is 4.74 Å². The minimum Gasteiger partial charge on any atom is -0.494 e. The number of nitrogens with zero attached hydrogens (tertiary/aromatic N) is 5. The van der Waals surface area contributed by atoms with E-state index in [1.165, 1.54) is 17.9 Å². The molecule has 1 N–H and O–H groups in total. The molecular weight excluding hydrogens is 360 g/mol. The maximum absolute atomic E-state index is 5.57. The fourth-order valence-corrected chi connectivity index (χ4v) is 3.51. The molecule has 0 saturated heterocycles. The van der Waals surface area contributed by atoms with Gasteiger partial charge in [0.25, 0.3) is 0 Å². The van der Waals surface area contributed by atoms with Crippen LogP contribution in [0.1, 0.15) is 17.1 Å². The zero-order chi connectivity index (χ0) is 18.8. The lowest BCUT2D eigenvalue weighted by Crippen LogP contribution is -2.05. The summed E-state index contributed by atoms with van der Waals surface area (Å²) in [5.41, 5.74) is 4.51. The summed E-state index contributed by atoms with van der Waals surface area (Å²) in [4.78, 5) is 9.90. The quantitative estimate of drug-likeness (QED) is 0.565. The first kappa shape index (κ1) is 17.3. The Morgan fingerprint density at radius 1 is 1.04 bits per heavy atom. The van der Waals surface area contributed by atoms with E-state index in [0.717, 1.165) is 44.2 Å². The standard InChI is InChI=1S/C19H18N6OS/c1-11-4-5-14(24-23-11)9-20-19-15-7-13(17-6-12(2)25-27-17)8-16(26-3)18(15)21-10-22-19/h4-8,10H,9H2,1-3H3,(H,20,21,22). The summed E-state index contributed by atoms with van der Waals surface area (Å²) in [6, 6.07) is 10.00. The molecule has 1 aromatic carbocycles. The Bertz CT molecular complexity index is 1090. The molecule has 0 radical (unpaired) electrons. The molecule has 0 amide bonds. The van der Waals surface area contributed by atoms with Crippen molar-refractivity contribution in [3.63, 3.8) is 0 Å². The van der Waals surface area contributed by atoms with Crippen molar-refractivity contribution in [2.75, 3.05) is 12.4 Å². The van der Waals surface area contributed by atoms with Gasteiger partial charge in [0.2, 0.25) is 0 Å². The number of methoxy groups -OCH3 is 1. The van der Waals surface area contributed by atoms with E-state index in [1.54, 1.807) is 7.11 Å². The molecule has 7 nitrogen and oxygen atoms in total. The van der Waals surface area contributed by atoms with Crippen molar-refractivity contribution in [2.45, 2.75) is 20.4 Å². The largest absolute Gasteiger partial charge is 0.494 e. The normalized spacial score (nSPS) is 10.9. The first-order chi connectivity index (χ1) is 13.1. The molecule has 0 spiro atoms. The fourth-order valence-electron chi connectivity index (χ4n) is 2.77. The first-order valence-corrected chi connectivity index (χ1v) is 9.21. The third-order valence-corrected chi connectivity index (χ3v) is 5.06. The maximum atomic E-state index is 5.57. The monoisotopic (exact) mass is 378 g/mol. The average Bonchev–Trinajstić information content (AvgIpc) is 3.13. The molecule has 0 saturated carbocycles. The molecule has 0 aliphatic rings. The molecule has 3 heterocycles. The highest BCUT2D eigenvalue weighted by molar-refractivity contribution is 7.09. The minimum absolute atomic E-state index is 0.519. The number of nitrogens with one attached hydrogen (secondary N) is 1. The van der Waals surface area contributed by atoms with Gasteiger partial charge in [-0.05, 0) is 61.3 Å². The van der Waals surface area contributed by atoms with Crippen LogP contribution < -0.4 is 10.1 Å². The van der Waals surface area contributed by atoms with Crippen molar-refractivity contribution < 1.29 is 4.74 Å². The maximum Gasteiger partial charge on any atom is 0.145 e. The Morgan fingerprint density at radius 3 is 2.63 bits per heavy atom. The fraction of sp³-hybridized carbons (Fsp3) is 0.211. The molecule has 136 valence electrons. The highest BCUT2D eigenvalue weighted by Gasteiger charge is 2.13. The summed E-state index contributed by atoms with van der Waals surface area (Å²) in [5.74, 6) is 1.43. The molecular formula is C19H18N6OS. The van der Waals surface area contributed by atoms with Crippen molar-refractivity contribution in [2.24, 2.45) is 0 Å². The van der Waals surface area contributed by atoms with Crippen LogP contribution in [-0.4, -0.2) is 31.6 Å². The Hall–Kier alpha value is -3.13. The van der Waals surface area contributed by atoms with Crippen LogP contribution in [0.2, 0.25) is 0 Å². The van der Waals surface area contributed by atoms with Crippen molar-refractivity contribution in [1.82, 2.24) is 24.5 Å². The van der Waals surface area contributed by atoms with Gasteiger partial charge in [0.1, 0.15) is 23.4 Å². The van der Waals surface area contributed by atoms with E-state index in [9.17, 15) is 0 Å². The number of anilines is 1. The number of benzene rings is 1. The Morgan fingerprint density at radius 2 is 1.93 bits per heavy atom. The number of hydrogen-bond donors (Lipinski definition) is 1. The van der Waals surface area contributed by atoms with Gasteiger partial charge in [0.05, 0.1) is 35.6 Å². The summed E-state index contributed by atoms with van der Waals surface area (Å²) in [7, 11) is 1.65. The van der Waals surface area contributed by atoms with Crippen LogP contribution in [0.15, 0.2) is 36.7 Å². The zero-order valence-electron chi connectivity index (χ0n) is 15.2. The van der Waals surface area contributed by atoms with E-state index < -0.39 is 0 Å². The molecule has 4 aromatic rings. The molecule has 0 aliphatic carbocycles. The lowest BCUT2D eigenvalue weighted by molar-refractivity contribution is 0.419. The number of fused-ring (bicyclic) bond motifs is 1. The van der Waals surface area contributed by atoms with Gasteiger partial charge in [-0.2, -0.15) is 14.6 Å². The van der Waals surface area contributed by atoms with Gasteiger partial charge in [-0.1, -0.05) is 0 Å². The van der Waals surface area contributed by atoms with Crippen LogP contribution in [0.25, 0.3) is 21.3 Å². The molecule has 0 fully saturated rings. The third kappa shape index (κ3) is 3.56. The van der Waals surface area contributed by atoms with Gasteiger partial charge >= 0.3 is 0 Å². The number of hydrogen-bond acceptors (Lipinski definition) is 8. The molecule has 3 aromatic heterocycles. The van der Waals surface area contributed by atoms with Crippen LogP contribution in [0.5, 0.6) is 5.75 Å². The second kappa shape index (κ2) is 7.24. The Labute approximate surface area is 160 Å². The van der Waals surface area contributed by atoms with Crippen LogP contribution in [0.4, 0.5) is 5.82 Å².